The number of rotatable bonds is 5. The van der Waals surface area contributed by atoms with E-state index in [1.54, 1.807) is 6.07 Å². The number of hydrogen-bond acceptors (Lipinski definition) is 3. The van der Waals surface area contributed by atoms with E-state index >= 15 is 0 Å². The monoisotopic (exact) mass is 519 g/mol. The Morgan fingerprint density at radius 1 is 0.895 bits per heavy atom. The zero-order valence-corrected chi connectivity index (χ0v) is 21.7. The number of ether oxygens (including phenoxy) is 1. The van der Waals surface area contributed by atoms with Crippen LogP contribution in [0.25, 0.3) is 22.0 Å². The Balaban J connectivity index is 1.55. The molecule has 0 radical (unpaired) electrons. The highest BCUT2D eigenvalue weighted by Crippen LogP contribution is 2.40. The number of benzene rings is 4. The Kier molecular flexibility index (Phi) is 6.34. The van der Waals surface area contributed by atoms with Gasteiger partial charge in [-0.3, -0.25) is 4.79 Å². The largest absolute Gasteiger partial charge is 0.465 e. The van der Waals surface area contributed by atoms with Gasteiger partial charge in [0.05, 0.1) is 18.2 Å². The molecule has 4 nitrogen and oxygen atoms in total. The average Bonchev–Trinajstić information content (AvgIpc) is 3.27. The van der Waals surface area contributed by atoms with Crippen LogP contribution in [-0.4, -0.2) is 23.4 Å². The number of nitrogens with zero attached hydrogens (tertiary/aromatic N) is 1. The van der Waals surface area contributed by atoms with Crippen LogP contribution in [0.5, 0.6) is 0 Å². The summed E-state index contributed by atoms with van der Waals surface area (Å²) >= 11 is 6.14. The summed E-state index contributed by atoms with van der Waals surface area (Å²) in [7, 11) is 1.37. The fraction of sp³-hybridized carbons (Fsp3) is 0.152. The van der Waals surface area contributed by atoms with E-state index in [4.69, 9.17) is 16.3 Å². The van der Waals surface area contributed by atoms with Gasteiger partial charge in [0.1, 0.15) is 0 Å². The molecule has 0 aliphatic heterocycles. The second-order valence-corrected chi connectivity index (χ2v) is 10.1. The van der Waals surface area contributed by atoms with Gasteiger partial charge in [-0.2, -0.15) is 0 Å². The lowest BCUT2D eigenvalue weighted by atomic mass is 9.81. The van der Waals surface area contributed by atoms with Gasteiger partial charge >= 0.3 is 5.97 Å². The zero-order chi connectivity index (χ0) is 26.2. The Morgan fingerprint density at radius 3 is 2.39 bits per heavy atom. The van der Waals surface area contributed by atoms with Gasteiger partial charge in [0.15, 0.2) is 5.78 Å². The quantitative estimate of drug-likeness (QED) is 0.223. The molecule has 0 bridgehead atoms. The highest BCUT2D eigenvalue weighted by molar-refractivity contribution is 6.30. The van der Waals surface area contributed by atoms with Gasteiger partial charge in [0, 0.05) is 34.6 Å². The van der Waals surface area contributed by atoms with Gasteiger partial charge in [0.25, 0.3) is 0 Å². The number of hydrogen-bond donors (Lipinski definition) is 0. The maximum Gasteiger partial charge on any atom is 0.338 e. The van der Waals surface area contributed by atoms with Crippen LogP contribution in [0, 0.1) is 0 Å². The molecule has 1 aromatic heterocycles. The Hall–Kier alpha value is -4.15. The van der Waals surface area contributed by atoms with E-state index in [1.165, 1.54) is 7.11 Å². The Morgan fingerprint density at radius 2 is 1.63 bits per heavy atom. The minimum absolute atomic E-state index is 0.0290. The van der Waals surface area contributed by atoms with Crippen molar-refractivity contribution in [1.29, 1.82) is 0 Å². The van der Waals surface area contributed by atoms with Gasteiger partial charge in [-0.1, -0.05) is 84.4 Å². The van der Waals surface area contributed by atoms with E-state index in [9.17, 15) is 9.59 Å². The number of methoxy groups -OCH3 is 1. The molecule has 1 atom stereocenters. The number of ketones is 1. The van der Waals surface area contributed by atoms with Crippen LogP contribution in [0.3, 0.4) is 0 Å². The summed E-state index contributed by atoms with van der Waals surface area (Å²) in [5.74, 6) is -0.364. The average molecular weight is 520 g/mol. The zero-order valence-electron chi connectivity index (χ0n) is 21.0. The minimum Gasteiger partial charge on any atom is -0.465 e. The van der Waals surface area contributed by atoms with E-state index in [-0.39, 0.29) is 11.7 Å². The molecule has 0 saturated heterocycles. The van der Waals surface area contributed by atoms with Crippen LogP contribution < -0.4 is 0 Å². The first kappa shape index (κ1) is 24.2. The van der Waals surface area contributed by atoms with Crippen molar-refractivity contribution >= 4 is 34.3 Å². The molecule has 38 heavy (non-hydrogen) atoms. The predicted octanol–water partition coefficient (Wildman–Crippen LogP) is 7.71. The molecule has 5 heteroatoms. The first-order chi connectivity index (χ1) is 18.5. The van der Waals surface area contributed by atoms with Crippen LogP contribution in [0.1, 0.15) is 49.9 Å². The van der Waals surface area contributed by atoms with Crippen molar-refractivity contribution in [3.8, 4) is 11.1 Å². The molecule has 0 spiro atoms. The summed E-state index contributed by atoms with van der Waals surface area (Å²) in [5, 5.41) is 1.36. The molecule has 0 N–H and O–H groups in total. The van der Waals surface area contributed by atoms with Crippen molar-refractivity contribution in [2.45, 2.75) is 25.3 Å². The first-order valence-electron chi connectivity index (χ1n) is 12.7. The lowest BCUT2D eigenvalue weighted by Crippen LogP contribution is -2.21. The van der Waals surface area contributed by atoms with Gasteiger partial charge in [-0.25, -0.2) is 4.79 Å². The number of halogens is 1. The SMILES string of the molecule is COC(=O)c1cccc2c1c1c(n2Cc2ccccc2-c2ccccc2)CC(c2ccc(Cl)cc2)CC1=O. The topological polar surface area (TPSA) is 48.3 Å². The molecular formula is C33H26ClNO3. The van der Waals surface area contributed by atoms with Crippen LogP contribution in [0.15, 0.2) is 97.1 Å². The summed E-state index contributed by atoms with van der Waals surface area (Å²) < 4.78 is 7.33. The maximum absolute atomic E-state index is 13.8. The normalized spacial score (nSPS) is 14.9. The number of aromatic nitrogens is 1. The smallest absolute Gasteiger partial charge is 0.338 e. The molecule has 1 heterocycles. The summed E-state index contributed by atoms with van der Waals surface area (Å²) in [5.41, 5.74) is 7.40. The third-order valence-corrected chi connectivity index (χ3v) is 7.78. The lowest BCUT2D eigenvalue weighted by Gasteiger charge is -2.24. The first-order valence-corrected chi connectivity index (χ1v) is 13.1. The highest BCUT2D eigenvalue weighted by atomic mass is 35.5. The van der Waals surface area contributed by atoms with Gasteiger partial charge < -0.3 is 9.30 Å². The summed E-state index contributed by atoms with van der Waals surface area (Å²) in [4.78, 5) is 26.6. The number of carbonyl (C=O) groups excluding carboxylic acids is 2. The van der Waals surface area contributed by atoms with Crippen molar-refractivity contribution in [2.75, 3.05) is 7.11 Å². The van der Waals surface area contributed by atoms with Crippen molar-refractivity contribution in [3.05, 3.63) is 130 Å². The van der Waals surface area contributed by atoms with Crippen LogP contribution in [0.2, 0.25) is 5.02 Å². The van der Waals surface area contributed by atoms with Gasteiger partial charge in [-0.05, 0) is 58.9 Å². The van der Waals surface area contributed by atoms with Crippen LogP contribution >= 0.6 is 11.6 Å². The molecule has 4 aromatic carbocycles. The number of esters is 1. The second kappa shape index (κ2) is 9.96. The molecule has 0 fully saturated rings. The third-order valence-electron chi connectivity index (χ3n) is 7.53. The molecule has 188 valence electrons. The van der Waals surface area contributed by atoms with Crippen molar-refractivity contribution in [1.82, 2.24) is 4.57 Å². The minimum atomic E-state index is -0.437. The van der Waals surface area contributed by atoms with Crippen molar-refractivity contribution < 1.29 is 14.3 Å². The van der Waals surface area contributed by atoms with E-state index in [0.29, 0.717) is 40.9 Å². The van der Waals surface area contributed by atoms with E-state index in [1.807, 2.05) is 66.7 Å². The fourth-order valence-electron chi connectivity index (χ4n) is 5.76. The van der Waals surface area contributed by atoms with E-state index in [0.717, 1.165) is 33.5 Å². The van der Waals surface area contributed by atoms with E-state index in [2.05, 4.69) is 28.8 Å². The molecule has 1 aliphatic carbocycles. The Labute approximate surface area is 226 Å². The molecule has 1 aliphatic rings. The predicted molar refractivity (Wildman–Crippen MR) is 151 cm³/mol. The summed E-state index contributed by atoms with van der Waals surface area (Å²) in [6, 6.07) is 32.0. The maximum atomic E-state index is 13.8. The number of carbonyl (C=O) groups is 2. The molecule has 0 amide bonds. The molecular weight excluding hydrogens is 494 g/mol. The van der Waals surface area contributed by atoms with Crippen molar-refractivity contribution in [3.63, 3.8) is 0 Å². The van der Waals surface area contributed by atoms with E-state index < -0.39 is 5.97 Å². The summed E-state index contributed by atoms with van der Waals surface area (Å²) in [6.07, 6.45) is 1.06. The van der Waals surface area contributed by atoms with Gasteiger partial charge in [-0.15, -0.1) is 0 Å². The van der Waals surface area contributed by atoms with Crippen molar-refractivity contribution in [2.24, 2.45) is 0 Å². The van der Waals surface area contributed by atoms with Crippen LogP contribution in [-0.2, 0) is 17.7 Å². The van der Waals surface area contributed by atoms with Crippen LogP contribution in [0.4, 0.5) is 0 Å². The number of fused-ring (bicyclic) bond motifs is 3. The fourth-order valence-corrected chi connectivity index (χ4v) is 5.88. The molecule has 1 unspecified atom stereocenters. The number of Topliss-reactive ketones (excluding diaryl/α,β-unsaturated/α-hetero) is 1. The van der Waals surface area contributed by atoms with Gasteiger partial charge in [0.2, 0.25) is 0 Å². The Bertz CT molecular complexity index is 1670. The molecule has 5 aromatic rings. The summed E-state index contributed by atoms with van der Waals surface area (Å²) in [6.45, 7) is 0.572. The highest BCUT2D eigenvalue weighted by Gasteiger charge is 2.34. The molecule has 0 saturated carbocycles. The third kappa shape index (κ3) is 4.21. The lowest BCUT2D eigenvalue weighted by molar-refractivity contribution is 0.0603. The molecule has 6 rings (SSSR count). The second-order valence-electron chi connectivity index (χ2n) is 9.70. The standard InChI is InChI=1S/C33H26ClNO3/c1-38-33(37)27-12-7-13-28-31(27)32-29(18-24(19-30(32)36)21-14-16-25(34)17-15-21)35(28)20-23-10-5-6-11-26(23)22-8-3-2-4-9-22/h2-17,24H,18-20H2,1H3.